The van der Waals surface area contributed by atoms with Crippen molar-refractivity contribution >= 4 is 33.3 Å². The molecule has 1 aromatic carbocycles. The number of amides is 1. The van der Waals surface area contributed by atoms with Crippen molar-refractivity contribution in [3.05, 3.63) is 51.7 Å². The Morgan fingerprint density at radius 3 is 2.13 bits per heavy atom. The molecular weight excluding hydrogens is 459 g/mol. The van der Waals surface area contributed by atoms with Crippen LogP contribution in [0.3, 0.4) is 0 Å². The summed E-state index contributed by atoms with van der Waals surface area (Å²) in [4.78, 5) is 25.3. The first-order valence-electron chi connectivity index (χ1n) is 8.84. The van der Waals surface area contributed by atoms with Gasteiger partial charge in [-0.25, -0.2) is 4.79 Å². The van der Waals surface area contributed by atoms with Crippen molar-refractivity contribution in [2.45, 2.75) is 44.2 Å². The van der Waals surface area contributed by atoms with Crippen LogP contribution >= 0.6 is 11.3 Å². The van der Waals surface area contributed by atoms with E-state index in [0.29, 0.717) is 10.4 Å². The maximum Gasteiger partial charge on any atom is 0.534 e. The van der Waals surface area contributed by atoms with Gasteiger partial charge in [0.25, 0.3) is 5.91 Å². The van der Waals surface area contributed by atoms with Crippen LogP contribution in [0.5, 0.6) is 5.75 Å². The van der Waals surface area contributed by atoms with E-state index in [9.17, 15) is 36.3 Å². The molecule has 1 atom stereocenters. The molecule has 0 bridgehead atoms. The Morgan fingerprint density at radius 1 is 1.10 bits per heavy atom. The Kier molecular flexibility index (Phi) is 7.06. The zero-order valence-electron chi connectivity index (χ0n) is 16.7. The van der Waals surface area contributed by atoms with E-state index in [1.54, 1.807) is 12.1 Å². The second-order valence-corrected chi connectivity index (χ2v) is 10.2. The van der Waals surface area contributed by atoms with Crippen LogP contribution in [0.4, 0.5) is 13.2 Å². The molecule has 31 heavy (non-hydrogen) atoms. The number of hydrogen-bond acceptors (Lipinski definition) is 6. The Bertz CT molecular complexity index is 1050. The third-order valence-electron chi connectivity index (χ3n) is 4.02. The number of carboxylic acids is 1. The fourth-order valence-electron chi connectivity index (χ4n) is 2.38. The van der Waals surface area contributed by atoms with Gasteiger partial charge in [0.2, 0.25) is 0 Å². The quantitative estimate of drug-likeness (QED) is 0.463. The number of hydrogen-bond donors (Lipinski definition) is 2. The number of carbonyl (C=O) groups is 2. The molecule has 2 aromatic rings. The topological polar surface area (TPSA) is 110 Å². The Hall–Kier alpha value is -2.60. The molecular formula is C19H20F3NO6S2. The van der Waals surface area contributed by atoms with E-state index in [4.69, 9.17) is 0 Å². The summed E-state index contributed by atoms with van der Waals surface area (Å²) in [7, 11) is -5.81. The highest BCUT2D eigenvalue weighted by atomic mass is 32.2. The molecule has 2 rings (SSSR count). The normalized spacial score (nSPS) is 13.5. The molecule has 1 amide bonds. The molecule has 0 aliphatic rings. The molecule has 170 valence electrons. The molecule has 2 N–H and O–H groups in total. The number of halogens is 3. The number of alkyl halides is 3. The first-order chi connectivity index (χ1) is 14.1. The summed E-state index contributed by atoms with van der Waals surface area (Å²) >= 11 is 1.25. The Labute approximate surface area is 181 Å². The lowest BCUT2D eigenvalue weighted by molar-refractivity contribution is -0.139. The number of rotatable bonds is 7. The average molecular weight is 479 g/mol. The lowest BCUT2D eigenvalue weighted by Crippen LogP contribution is -2.42. The standard InChI is InChI=1S/C19H20F3NO6S2/c1-18(2,3)15-9-8-14(30-15)16(24)23-13(17(25)26)10-11-4-6-12(7-5-11)29-31(27,28)19(20,21)22/h4-9,13H,10H2,1-3H3,(H,23,24)(H,25,26)/t13-/m0/s1. The van der Waals surface area contributed by atoms with Gasteiger partial charge in [-0.3, -0.25) is 4.79 Å². The number of nitrogens with one attached hydrogen (secondary N) is 1. The van der Waals surface area contributed by atoms with Gasteiger partial charge in [-0.05, 0) is 35.2 Å². The molecule has 0 aliphatic carbocycles. The largest absolute Gasteiger partial charge is 0.534 e. The predicted molar refractivity (Wildman–Crippen MR) is 108 cm³/mol. The third-order valence-corrected chi connectivity index (χ3v) is 6.51. The van der Waals surface area contributed by atoms with Crippen molar-refractivity contribution in [3.63, 3.8) is 0 Å². The van der Waals surface area contributed by atoms with Crippen LogP contribution in [-0.2, 0) is 26.7 Å². The summed E-state index contributed by atoms with van der Waals surface area (Å²) in [5.74, 6) is -2.45. The number of thiophene rings is 1. The van der Waals surface area contributed by atoms with Gasteiger partial charge in [0.15, 0.2) is 0 Å². The Balaban J connectivity index is 2.09. The van der Waals surface area contributed by atoms with Gasteiger partial charge < -0.3 is 14.6 Å². The minimum absolute atomic E-state index is 0.168. The molecule has 0 saturated heterocycles. The summed E-state index contributed by atoms with van der Waals surface area (Å²) in [6.45, 7) is 5.94. The first-order valence-corrected chi connectivity index (χ1v) is 11.1. The van der Waals surface area contributed by atoms with E-state index < -0.39 is 39.3 Å². The number of aliphatic carboxylic acids is 1. The molecule has 0 unspecified atom stereocenters. The summed E-state index contributed by atoms with van der Waals surface area (Å²) < 4.78 is 63.1. The summed E-state index contributed by atoms with van der Waals surface area (Å²) in [5, 5.41) is 11.8. The lowest BCUT2D eigenvalue weighted by atomic mass is 9.95. The van der Waals surface area contributed by atoms with Crippen molar-refractivity contribution in [2.24, 2.45) is 0 Å². The molecule has 0 saturated carbocycles. The highest BCUT2D eigenvalue weighted by molar-refractivity contribution is 7.88. The highest BCUT2D eigenvalue weighted by Gasteiger charge is 2.48. The number of carboxylic acid groups (broad SMARTS) is 1. The van der Waals surface area contributed by atoms with Crippen LogP contribution in [0, 0.1) is 0 Å². The van der Waals surface area contributed by atoms with Crippen molar-refractivity contribution < 1.29 is 40.5 Å². The maximum absolute atomic E-state index is 12.4. The van der Waals surface area contributed by atoms with E-state index in [0.717, 1.165) is 17.0 Å². The van der Waals surface area contributed by atoms with E-state index in [1.165, 1.54) is 23.5 Å². The molecule has 0 radical (unpaired) electrons. The van der Waals surface area contributed by atoms with Crippen LogP contribution < -0.4 is 9.50 Å². The maximum atomic E-state index is 12.4. The van der Waals surface area contributed by atoms with Crippen molar-refractivity contribution in [1.29, 1.82) is 0 Å². The zero-order chi connectivity index (χ0) is 23.6. The zero-order valence-corrected chi connectivity index (χ0v) is 18.3. The van der Waals surface area contributed by atoms with Gasteiger partial charge >= 0.3 is 21.6 Å². The summed E-state index contributed by atoms with van der Waals surface area (Å²) in [6, 6.07) is 6.45. The first kappa shape index (κ1) is 24.7. The Morgan fingerprint density at radius 2 is 1.68 bits per heavy atom. The van der Waals surface area contributed by atoms with Gasteiger partial charge in [0.05, 0.1) is 4.88 Å². The van der Waals surface area contributed by atoms with Crippen LogP contribution in [0.25, 0.3) is 0 Å². The van der Waals surface area contributed by atoms with Crippen LogP contribution in [-0.4, -0.2) is 37.0 Å². The molecule has 12 heteroatoms. The molecule has 1 heterocycles. The SMILES string of the molecule is CC(C)(C)c1ccc(C(=O)N[C@@H](Cc2ccc(OS(=O)(=O)C(F)(F)F)cc2)C(=O)O)s1. The summed E-state index contributed by atoms with van der Waals surface area (Å²) in [6.07, 6.45) is -0.176. The third kappa shape index (κ3) is 6.44. The van der Waals surface area contributed by atoms with E-state index in [2.05, 4.69) is 9.50 Å². The minimum Gasteiger partial charge on any atom is -0.480 e. The van der Waals surface area contributed by atoms with Gasteiger partial charge in [0.1, 0.15) is 11.8 Å². The second kappa shape index (κ2) is 8.87. The molecule has 0 fully saturated rings. The lowest BCUT2D eigenvalue weighted by Gasteiger charge is -2.16. The van der Waals surface area contributed by atoms with Crippen LogP contribution in [0.1, 0.15) is 40.9 Å². The van der Waals surface area contributed by atoms with Gasteiger partial charge in [-0.2, -0.15) is 21.6 Å². The van der Waals surface area contributed by atoms with Crippen LogP contribution in [0.15, 0.2) is 36.4 Å². The molecule has 0 aliphatic heterocycles. The summed E-state index contributed by atoms with van der Waals surface area (Å²) in [5.41, 5.74) is -5.40. The predicted octanol–water partition coefficient (Wildman–Crippen LogP) is 3.70. The average Bonchev–Trinajstić information content (AvgIpc) is 3.12. The van der Waals surface area contributed by atoms with Gasteiger partial charge in [-0.15, -0.1) is 11.3 Å². The fourth-order valence-corrected chi connectivity index (χ4v) is 3.81. The molecule has 1 aromatic heterocycles. The van der Waals surface area contributed by atoms with Crippen molar-refractivity contribution in [3.8, 4) is 5.75 Å². The van der Waals surface area contributed by atoms with E-state index in [-0.39, 0.29) is 11.8 Å². The van der Waals surface area contributed by atoms with E-state index in [1.807, 2.05) is 20.8 Å². The molecule has 0 spiro atoms. The van der Waals surface area contributed by atoms with Crippen molar-refractivity contribution in [2.75, 3.05) is 0 Å². The van der Waals surface area contributed by atoms with Crippen molar-refractivity contribution in [1.82, 2.24) is 5.32 Å². The monoisotopic (exact) mass is 479 g/mol. The van der Waals surface area contributed by atoms with E-state index >= 15 is 0 Å². The second-order valence-electron chi connectivity index (χ2n) is 7.61. The van der Waals surface area contributed by atoms with Crippen LogP contribution in [0.2, 0.25) is 0 Å². The molecule has 7 nitrogen and oxygen atoms in total. The number of benzene rings is 1. The van der Waals surface area contributed by atoms with Gasteiger partial charge in [-0.1, -0.05) is 32.9 Å². The van der Waals surface area contributed by atoms with Gasteiger partial charge in [0, 0.05) is 11.3 Å². The minimum atomic E-state index is -5.81. The fraction of sp³-hybridized carbons (Fsp3) is 0.368. The highest BCUT2D eigenvalue weighted by Crippen LogP contribution is 2.30. The number of carbonyl (C=O) groups excluding carboxylic acids is 1. The smallest absolute Gasteiger partial charge is 0.480 e.